The normalized spacial score (nSPS) is 26.0. The minimum absolute atomic E-state index is 0.101. The molecule has 0 radical (unpaired) electrons. The molecule has 0 spiro atoms. The molecule has 3 N–H and O–H groups in total. The molecule has 2 aliphatic heterocycles. The van der Waals surface area contributed by atoms with Crippen LogP contribution in [0.3, 0.4) is 0 Å². The van der Waals surface area contributed by atoms with E-state index in [-0.39, 0.29) is 29.0 Å². The third-order valence-electron chi connectivity index (χ3n) is 5.89. The molecule has 4 atom stereocenters. The second-order valence-electron chi connectivity index (χ2n) is 7.63. The van der Waals surface area contributed by atoms with Crippen molar-refractivity contribution < 1.29 is 13.9 Å². The quantitative estimate of drug-likeness (QED) is 0.603. The predicted octanol–water partition coefficient (Wildman–Crippen LogP) is 3.11. The largest absolute Gasteiger partial charge is 0.507 e. The van der Waals surface area contributed by atoms with Crippen molar-refractivity contribution in [1.29, 1.82) is 0 Å². The van der Waals surface area contributed by atoms with Crippen LogP contribution < -0.4 is 10.2 Å². The molecule has 2 saturated heterocycles. The zero-order chi connectivity index (χ0) is 20.1. The summed E-state index contributed by atoms with van der Waals surface area (Å²) in [6.07, 6.45) is 4.61. The zero-order valence-corrected chi connectivity index (χ0v) is 16.5. The molecule has 7 nitrogen and oxygen atoms in total. The first-order chi connectivity index (χ1) is 14.0. The number of hydrogen-bond donors (Lipinski definition) is 3. The minimum atomic E-state index is -0.980. The molecule has 152 valence electrons. The van der Waals surface area contributed by atoms with E-state index in [2.05, 4.69) is 25.7 Å². The van der Waals surface area contributed by atoms with E-state index in [0.717, 1.165) is 12.8 Å². The number of aromatic amines is 1. The number of halogens is 2. The van der Waals surface area contributed by atoms with Gasteiger partial charge in [-0.05, 0) is 31.4 Å². The van der Waals surface area contributed by atoms with E-state index >= 15 is 0 Å². The van der Waals surface area contributed by atoms with Gasteiger partial charge in [0, 0.05) is 36.5 Å². The molecule has 2 fully saturated rings. The first-order valence-corrected chi connectivity index (χ1v) is 10.3. The Labute approximate surface area is 169 Å². The highest BCUT2D eigenvalue weighted by Gasteiger charge is 2.44. The number of aromatic hydroxyl groups is 1. The monoisotopic (exact) mass is 418 g/mol. The summed E-state index contributed by atoms with van der Waals surface area (Å²) in [7, 11) is 1.81. The van der Waals surface area contributed by atoms with E-state index < -0.39 is 12.0 Å². The molecule has 2 unspecified atom stereocenters. The number of alkyl halides is 1. The van der Waals surface area contributed by atoms with Crippen LogP contribution >= 0.6 is 11.3 Å². The summed E-state index contributed by atoms with van der Waals surface area (Å²) >= 11 is 1.21. The lowest BCUT2D eigenvalue weighted by atomic mass is 9.97. The van der Waals surface area contributed by atoms with Crippen LogP contribution in [0.25, 0.3) is 21.7 Å². The van der Waals surface area contributed by atoms with E-state index in [9.17, 15) is 13.9 Å². The molecular formula is C19H20F2N6OS. The van der Waals surface area contributed by atoms with Crippen LogP contribution in [0.5, 0.6) is 5.75 Å². The number of benzene rings is 1. The van der Waals surface area contributed by atoms with Crippen molar-refractivity contribution in [2.75, 3.05) is 11.9 Å². The van der Waals surface area contributed by atoms with Gasteiger partial charge in [-0.15, -0.1) is 10.2 Å². The van der Waals surface area contributed by atoms with Crippen molar-refractivity contribution in [3.8, 4) is 27.4 Å². The van der Waals surface area contributed by atoms with Crippen LogP contribution in [0.2, 0.25) is 0 Å². The number of hydrogen-bond acceptors (Lipinski definition) is 7. The number of anilines is 1. The fourth-order valence-corrected chi connectivity index (χ4v) is 5.20. The number of phenols is 1. The standard InChI is InChI=1S/C19H20F2N6OS/c1-27(15-4-10-2-3-14(24-10)17(15)21)19-26-25-18(29-19)12-5-13(20)11(6-16(12)28)9-7-22-23-8-9/h5-8,10,14-15,17,24,28H,2-4H2,1H3,(H,22,23)/t10?,14?,15-,17+/m0/s1. The number of aromatic nitrogens is 4. The highest BCUT2D eigenvalue weighted by Crippen LogP contribution is 2.40. The lowest BCUT2D eigenvalue weighted by Gasteiger charge is -2.38. The van der Waals surface area contributed by atoms with Gasteiger partial charge in [-0.25, -0.2) is 8.78 Å². The number of H-pyrrole nitrogens is 1. The van der Waals surface area contributed by atoms with Crippen LogP contribution in [0.15, 0.2) is 24.5 Å². The van der Waals surface area contributed by atoms with Gasteiger partial charge < -0.3 is 15.3 Å². The Balaban J connectivity index is 1.42. The number of fused-ring (bicyclic) bond motifs is 2. The van der Waals surface area contributed by atoms with Crippen molar-refractivity contribution in [3.63, 3.8) is 0 Å². The summed E-state index contributed by atoms with van der Waals surface area (Å²) in [6, 6.07) is 2.54. The second-order valence-corrected chi connectivity index (χ2v) is 8.59. The van der Waals surface area contributed by atoms with E-state index in [1.807, 2.05) is 11.9 Å². The highest BCUT2D eigenvalue weighted by atomic mass is 32.1. The van der Waals surface area contributed by atoms with Gasteiger partial charge in [-0.3, -0.25) is 5.10 Å². The number of nitrogens with one attached hydrogen (secondary N) is 2. The van der Waals surface area contributed by atoms with Gasteiger partial charge >= 0.3 is 0 Å². The van der Waals surface area contributed by atoms with Crippen LogP contribution in [0.4, 0.5) is 13.9 Å². The molecule has 2 aliphatic rings. The summed E-state index contributed by atoms with van der Waals surface area (Å²) in [5.41, 5.74) is 1.04. The van der Waals surface area contributed by atoms with Crippen molar-refractivity contribution in [2.24, 2.45) is 0 Å². The first kappa shape index (κ1) is 18.4. The number of nitrogens with zero attached hydrogens (tertiary/aromatic N) is 4. The Kier molecular flexibility index (Phi) is 4.47. The number of phenolic OH excluding ortho intramolecular Hbond substituents is 1. The van der Waals surface area contributed by atoms with Crippen LogP contribution in [-0.4, -0.2) is 56.8 Å². The van der Waals surface area contributed by atoms with Gasteiger partial charge in [-0.1, -0.05) is 11.3 Å². The summed E-state index contributed by atoms with van der Waals surface area (Å²) in [6.45, 7) is 0. The fraction of sp³-hybridized carbons (Fsp3) is 0.421. The lowest BCUT2D eigenvalue weighted by molar-refractivity contribution is 0.176. The van der Waals surface area contributed by atoms with Crippen molar-refractivity contribution in [2.45, 2.75) is 43.6 Å². The third kappa shape index (κ3) is 3.16. The topological polar surface area (TPSA) is 90.0 Å². The molecule has 3 aromatic rings. The molecular weight excluding hydrogens is 398 g/mol. The Morgan fingerprint density at radius 2 is 2.10 bits per heavy atom. The molecule has 2 aromatic heterocycles. The first-order valence-electron chi connectivity index (χ1n) is 9.49. The van der Waals surface area contributed by atoms with Crippen molar-refractivity contribution >= 4 is 16.5 Å². The Hall–Kier alpha value is -2.59. The number of piperidine rings is 1. The Morgan fingerprint density at radius 3 is 2.90 bits per heavy atom. The second kappa shape index (κ2) is 7.03. The van der Waals surface area contributed by atoms with Gasteiger partial charge in [0.15, 0.2) is 5.01 Å². The fourth-order valence-electron chi connectivity index (χ4n) is 4.31. The predicted molar refractivity (Wildman–Crippen MR) is 106 cm³/mol. The Morgan fingerprint density at radius 1 is 1.24 bits per heavy atom. The van der Waals surface area contributed by atoms with Gasteiger partial charge in [0.05, 0.1) is 17.8 Å². The van der Waals surface area contributed by atoms with E-state index in [4.69, 9.17) is 0 Å². The maximum absolute atomic E-state index is 14.9. The van der Waals surface area contributed by atoms with Crippen LogP contribution in [0.1, 0.15) is 19.3 Å². The van der Waals surface area contributed by atoms with Crippen molar-refractivity contribution in [3.05, 3.63) is 30.3 Å². The van der Waals surface area contributed by atoms with Gasteiger partial charge in [0.1, 0.15) is 17.7 Å². The maximum atomic E-state index is 14.9. The molecule has 0 aliphatic carbocycles. The molecule has 2 bridgehead atoms. The van der Waals surface area contributed by atoms with Gasteiger partial charge in [0.25, 0.3) is 0 Å². The maximum Gasteiger partial charge on any atom is 0.208 e. The van der Waals surface area contributed by atoms with Crippen molar-refractivity contribution in [1.82, 2.24) is 25.7 Å². The molecule has 29 heavy (non-hydrogen) atoms. The molecule has 0 amide bonds. The third-order valence-corrected chi connectivity index (χ3v) is 6.94. The molecule has 0 saturated carbocycles. The average Bonchev–Trinajstić information content (AvgIpc) is 3.46. The summed E-state index contributed by atoms with van der Waals surface area (Å²) < 4.78 is 29.5. The molecule has 5 rings (SSSR count). The van der Waals surface area contributed by atoms with E-state index in [0.29, 0.717) is 28.2 Å². The molecule has 4 heterocycles. The van der Waals surface area contributed by atoms with Gasteiger partial charge in [-0.2, -0.15) is 5.10 Å². The SMILES string of the molecule is CN(c1nnc(-c2cc(F)c(-c3cn[nH]c3)cc2O)s1)[C@H]1CC2CCC(N2)[C@H]1F. The average molecular weight is 418 g/mol. The summed E-state index contributed by atoms with van der Waals surface area (Å²) in [4.78, 5) is 1.82. The highest BCUT2D eigenvalue weighted by molar-refractivity contribution is 7.18. The van der Waals surface area contributed by atoms with E-state index in [1.54, 1.807) is 6.20 Å². The molecule has 10 heteroatoms. The zero-order valence-electron chi connectivity index (χ0n) is 15.6. The summed E-state index contributed by atoms with van der Waals surface area (Å²) in [5.74, 6) is -0.598. The number of rotatable bonds is 4. The summed E-state index contributed by atoms with van der Waals surface area (Å²) in [5, 5.41) is 29.4. The van der Waals surface area contributed by atoms with Crippen LogP contribution in [0, 0.1) is 5.82 Å². The van der Waals surface area contributed by atoms with Gasteiger partial charge in [0.2, 0.25) is 5.13 Å². The smallest absolute Gasteiger partial charge is 0.208 e. The van der Waals surface area contributed by atoms with Crippen LogP contribution in [-0.2, 0) is 0 Å². The van der Waals surface area contributed by atoms with E-state index in [1.165, 1.54) is 29.7 Å². The lowest BCUT2D eigenvalue weighted by Crippen LogP contribution is -2.55. The Bertz CT molecular complexity index is 1030. The minimum Gasteiger partial charge on any atom is -0.507 e. The molecule has 1 aromatic carbocycles.